The molecule has 0 amide bonds. The Morgan fingerprint density at radius 2 is 2.06 bits per heavy atom. The highest BCUT2D eigenvalue weighted by atomic mass is 15.3. The first-order valence-electron chi connectivity index (χ1n) is 7.34. The van der Waals surface area contributed by atoms with Crippen molar-refractivity contribution in [2.24, 2.45) is 7.05 Å². The molecule has 4 heteroatoms. The van der Waals surface area contributed by atoms with Crippen LogP contribution in [0.15, 0.2) is 0 Å². The summed E-state index contributed by atoms with van der Waals surface area (Å²) < 4.78 is 1.98. The minimum Gasteiger partial charge on any atom is -0.316 e. The fourth-order valence-corrected chi connectivity index (χ4v) is 2.83. The lowest BCUT2D eigenvalue weighted by Gasteiger charge is -2.18. The minimum absolute atomic E-state index is 0.430. The van der Waals surface area contributed by atoms with E-state index in [2.05, 4.69) is 24.3 Å². The van der Waals surface area contributed by atoms with Crippen molar-refractivity contribution in [2.45, 2.75) is 57.8 Å². The summed E-state index contributed by atoms with van der Waals surface area (Å²) in [4.78, 5) is 4.80. The molecule has 1 saturated carbocycles. The zero-order valence-electron chi connectivity index (χ0n) is 11.9. The van der Waals surface area contributed by atoms with Crippen molar-refractivity contribution in [2.75, 3.05) is 13.1 Å². The fraction of sp³-hybridized carbons (Fsp3) is 0.857. The second-order valence-electron chi connectivity index (χ2n) is 5.50. The Kier molecular flexibility index (Phi) is 4.75. The van der Waals surface area contributed by atoms with Crippen molar-refractivity contribution < 1.29 is 0 Å². The summed E-state index contributed by atoms with van der Waals surface area (Å²) >= 11 is 0. The summed E-state index contributed by atoms with van der Waals surface area (Å²) in [7, 11) is 2.02. The number of aromatic nitrogens is 3. The number of rotatable bonds is 5. The fourth-order valence-electron chi connectivity index (χ4n) is 2.83. The van der Waals surface area contributed by atoms with Crippen molar-refractivity contribution in [3.63, 3.8) is 0 Å². The maximum Gasteiger partial charge on any atom is 0.154 e. The van der Waals surface area contributed by atoms with Crippen molar-refractivity contribution in [3.8, 4) is 0 Å². The number of nitrogens with zero attached hydrogens (tertiary/aromatic N) is 3. The number of nitrogens with one attached hydrogen (secondary N) is 1. The SMILES string of the molecule is CCNCC(C)c1nc(C2CCCCC2)nn1C. The first-order valence-corrected chi connectivity index (χ1v) is 7.34. The average Bonchev–Trinajstić information content (AvgIpc) is 2.79. The van der Waals surface area contributed by atoms with Crippen molar-refractivity contribution in [1.82, 2.24) is 20.1 Å². The van der Waals surface area contributed by atoms with E-state index in [1.807, 2.05) is 11.7 Å². The lowest BCUT2D eigenvalue weighted by atomic mass is 9.89. The van der Waals surface area contributed by atoms with E-state index < -0.39 is 0 Å². The molecule has 1 unspecified atom stereocenters. The molecular weight excluding hydrogens is 224 g/mol. The van der Waals surface area contributed by atoms with E-state index in [0.29, 0.717) is 11.8 Å². The van der Waals surface area contributed by atoms with Gasteiger partial charge in [-0.05, 0) is 19.4 Å². The van der Waals surface area contributed by atoms with Gasteiger partial charge < -0.3 is 5.32 Å². The van der Waals surface area contributed by atoms with Gasteiger partial charge in [0.2, 0.25) is 0 Å². The summed E-state index contributed by atoms with van der Waals surface area (Å²) in [6, 6.07) is 0. The van der Waals surface area contributed by atoms with Crippen LogP contribution in [0.25, 0.3) is 0 Å². The Hall–Kier alpha value is -0.900. The molecule has 102 valence electrons. The third kappa shape index (κ3) is 3.10. The van der Waals surface area contributed by atoms with E-state index in [1.54, 1.807) is 0 Å². The number of aryl methyl sites for hydroxylation is 1. The highest BCUT2D eigenvalue weighted by Gasteiger charge is 2.22. The molecule has 1 aliphatic carbocycles. The van der Waals surface area contributed by atoms with Crippen LogP contribution in [-0.4, -0.2) is 27.9 Å². The number of likely N-dealkylation sites (N-methyl/N-ethyl adjacent to an activating group) is 1. The smallest absolute Gasteiger partial charge is 0.154 e. The van der Waals surface area contributed by atoms with Gasteiger partial charge in [-0.25, -0.2) is 4.98 Å². The molecule has 0 aromatic carbocycles. The van der Waals surface area contributed by atoms with Gasteiger partial charge >= 0.3 is 0 Å². The summed E-state index contributed by atoms with van der Waals surface area (Å²) in [5, 5.41) is 8.02. The highest BCUT2D eigenvalue weighted by molar-refractivity contribution is 5.04. The summed E-state index contributed by atoms with van der Waals surface area (Å²) in [5.74, 6) is 3.23. The molecule has 1 aromatic heterocycles. The van der Waals surface area contributed by atoms with Gasteiger partial charge in [-0.3, -0.25) is 4.68 Å². The van der Waals surface area contributed by atoms with Crippen LogP contribution in [0.4, 0.5) is 0 Å². The molecule has 1 N–H and O–H groups in total. The van der Waals surface area contributed by atoms with Gasteiger partial charge in [0.15, 0.2) is 5.82 Å². The van der Waals surface area contributed by atoms with E-state index in [-0.39, 0.29) is 0 Å². The van der Waals surface area contributed by atoms with Crippen molar-refractivity contribution in [3.05, 3.63) is 11.6 Å². The monoisotopic (exact) mass is 250 g/mol. The van der Waals surface area contributed by atoms with Gasteiger partial charge in [-0.2, -0.15) is 5.10 Å². The third-order valence-corrected chi connectivity index (χ3v) is 3.92. The molecule has 0 radical (unpaired) electrons. The first-order chi connectivity index (χ1) is 8.72. The normalized spacial score (nSPS) is 19.1. The standard InChI is InChI=1S/C14H26N4/c1-4-15-10-11(2)14-16-13(17-18(14)3)12-8-6-5-7-9-12/h11-12,15H,4-10H2,1-3H3. The summed E-state index contributed by atoms with van der Waals surface area (Å²) in [6.45, 7) is 6.35. The summed E-state index contributed by atoms with van der Waals surface area (Å²) in [5.41, 5.74) is 0. The molecule has 1 fully saturated rings. The van der Waals surface area contributed by atoms with E-state index in [1.165, 1.54) is 32.1 Å². The van der Waals surface area contributed by atoms with Crippen LogP contribution in [0.5, 0.6) is 0 Å². The van der Waals surface area contributed by atoms with Crippen molar-refractivity contribution in [1.29, 1.82) is 0 Å². The molecule has 2 rings (SSSR count). The van der Waals surface area contributed by atoms with Crippen LogP contribution in [0.1, 0.15) is 69.4 Å². The molecule has 1 heterocycles. The van der Waals surface area contributed by atoms with Crippen LogP contribution < -0.4 is 5.32 Å². The Morgan fingerprint density at radius 3 is 2.72 bits per heavy atom. The summed E-state index contributed by atoms with van der Waals surface area (Å²) in [6.07, 6.45) is 6.60. The van der Waals surface area contributed by atoms with Gasteiger partial charge in [0.05, 0.1) is 0 Å². The largest absolute Gasteiger partial charge is 0.316 e. The molecular formula is C14H26N4. The molecule has 4 nitrogen and oxygen atoms in total. The van der Waals surface area contributed by atoms with Gasteiger partial charge in [0.1, 0.15) is 5.82 Å². The van der Waals surface area contributed by atoms with E-state index in [9.17, 15) is 0 Å². The molecule has 1 atom stereocenters. The highest BCUT2D eigenvalue weighted by Crippen LogP contribution is 2.31. The molecule has 0 spiro atoms. The second-order valence-corrected chi connectivity index (χ2v) is 5.50. The molecule has 0 aliphatic heterocycles. The minimum atomic E-state index is 0.430. The third-order valence-electron chi connectivity index (χ3n) is 3.92. The second kappa shape index (κ2) is 6.32. The molecule has 18 heavy (non-hydrogen) atoms. The number of hydrogen-bond acceptors (Lipinski definition) is 3. The number of hydrogen-bond donors (Lipinski definition) is 1. The van der Waals surface area contributed by atoms with Crippen LogP contribution in [-0.2, 0) is 7.05 Å². The quantitative estimate of drug-likeness (QED) is 0.873. The van der Waals surface area contributed by atoms with Crippen LogP contribution in [0, 0.1) is 0 Å². The molecule has 0 saturated heterocycles. The Bertz CT molecular complexity index is 366. The van der Waals surface area contributed by atoms with Crippen LogP contribution in [0.2, 0.25) is 0 Å². The maximum atomic E-state index is 4.80. The van der Waals surface area contributed by atoms with Crippen molar-refractivity contribution >= 4 is 0 Å². The van der Waals surface area contributed by atoms with Gasteiger partial charge in [-0.15, -0.1) is 0 Å². The molecule has 1 aliphatic rings. The predicted octanol–water partition coefficient (Wildman–Crippen LogP) is 2.58. The molecule has 1 aromatic rings. The van der Waals surface area contributed by atoms with E-state index in [4.69, 9.17) is 4.98 Å². The van der Waals surface area contributed by atoms with E-state index >= 15 is 0 Å². The van der Waals surface area contributed by atoms with Gasteiger partial charge in [0, 0.05) is 25.4 Å². The first kappa shape index (κ1) is 13.5. The van der Waals surface area contributed by atoms with Gasteiger partial charge in [0.25, 0.3) is 0 Å². The van der Waals surface area contributed by atoms with Crippen LogP contribution in [0.3, 0.4) is 0 Å². The topological polar surface area (TPSA) is 42.7 Å². The zero-order valence-corrected chi connectivity index (χ0v) is 11.9. The zero-order chi connectivity index (χ0) is 13.0. The molecule has 0 bridgehead atoms. The Labute approximate surface area is 110 Å². The van der Waals surface area contributed by atoms with Crippen LogP contribution >= 0.6 is 0 Å². The average molecular weight is 250 g/mol. The predicted molar refractivity (Wildman–Crippen MR) is 73.8 cm³/mol. The maximum absolute atomic E-state index is 4.80. The Morgan fingerprint density at radius 1 is 1.33 bits per heavy atom. The lowest BCUT2D eigenvalue weighted by Crippen LogP contribution is -2.21. The van der Waals surface area contributed by atoms with Gasteiger partial charge in [-0.1, -0.05) is 33.1 Å². The van der Waals surface area contributed by atoms with E-state index in [0.717, 1.165) is 24.7 Å². The Balaban J connectivity index is 2.05. The lowest BCUT2D eigenvalue weighted by molar-refractivity contribution is 0.427.